The van der Waals surface area contributed by atoms with E-state index in [0.717, 1.165) is 5.56 Å². The Morgan fingerprint density at radius 3 is 1.17 bits per heavy atom. The van der Waals surface area contributed by atoms with Crippen molar-refractivity contribution >= 4 is 62.7 Å². The number of nitrogens with zero attached hydrogens (tertiary/aromatic N) is 4. The number of nitrogens with two attached hydrogens (primary N) is 1. The highest BCUT2D eigenvalue weighted by molar-refractivity contribution is 7.81. The van der Waals surface area contributed by atoms with Gasteiger partial charge in [-0.2, -0.15) is 27.0 Å². The minimum atomic E-state index is -4.81. The second kappa shape index (κ2) is 21.9. The van der Waals surface area contributed by atoms with Crippen LogP contribution in [-0.2, 0) is 74.2 Å². The van der Waals surface area contributed by atoms with Crippen molar-refractivity contribution in [3.63, 3.8) is 0 Å². The van der Waals surface area contributed by atoms with E-state index in [1.807, 2.05) is 44.2 Å². The average Bonchev–Trinajstić information content (AvgIpc) is 3.19. The first-order valence-electron chi connectivity index (χ1n) is 21.9. The third kappa shape index (κ3) is 16.8. The first-order chi connectivity index (χ1) is 32.1. The Balaban J connectivity index is 0.000000336. The van der Waals surface area contributed by atoms with Crippen LogP contribution in [0, 0.1) is 0 Å². The summed E-state index contributed by atoms with van der Waals surface area (Å²) >= 11 is 0. The molecule has 410 valence electrons. The Kier molecular flexibility index (Phi) is 19.1. The van der Waals surface area contributed by atoms with Crippen molar-refractivity contribution in [1.29, 1.82) is 0 Å². The number of nitrogens with one attached hydrogen (secondary N) is 3. The van der Waals surface area contributed by atoms with Gasteiger partial charge in [0, 0.05) is 0 Å². The molecule has 72 heavy (non-hydrogen) atoms. The van der Waals surface area contributed by atoms with Crippen LogP contribution in [0.1, 0.15) is 123 Å². The van der Waals surface area contributed by atoms with E-state index < -0.39 is 120 Å². The van der Waals surface area contributed by atoms with Crippen LogP contribution < -0.4 is 21.7 Å². The van der Waals surface area contributed by atoms with Gasteiger partial charge in [0.2, 0.25) is 0 Å². The fourth-order valence-electron chi connectivity index (χ4n) is 6.43. The number of hydrogen-bond donors (Lipinski definition) is 7. The van der Waals surface area contributed by atoms with Gasteiger partial charge >= 0.3 is 39.1 Å². The third-order valence-corrected chi connectivity index (χ3v) is 11.0. The third-order valence-electron chi connectivity index (χ3n) is 10.3. The summed E-state index contributed by atoms with van der Waals surface area (Å²) in [6.45, 7) is 28.7. The summed E-state index contributed by atoms with van der Waals surface area (Å²) in [4.78, 5) is 86.6. The molecule has 0 saturated carbocycles. The van der Waals surface area contributed by atoms with E-state index in [4.69, 9.17) is 33.9 Å². The summed E-state index contributed by atoms with van der Waals surface area (Å²) in [5, 5.41) is 19.5. The molecule has 4 aliphatic heterocycles. The molecule has 8 N–H and O–H groups in total. The van der Waals surface area contributed by atoms with Gasteiger partial charge in [-0.15, -0.1) is 8.57 Å². The minimum Gasteiger partial charge on any atom is -0.444 e. The number of benzene rings is 1. The van der Waals surface area contributed by atoms with Crippen molar-refractivity contribution < 1.29 is 92.3 Å². The number of carbonyl (C=O) groups is 7. The van der Waals surface area contributed by atoms with Crippen molar-refractivity contribution in [1.82, 2.24) is 36.2 Å². The van der Waals surface area contributed by atoms with Crippen LogP contribution >= 0.6 is 0 Å². The molecule has 0 radical (unpaired) electrons. The number of alkyl carbamates (subject to hydrolysis) is 3. The molecular formula is C42H70N8O20S2. The molecular weight excluding hydrogens is 1000 g/mol. The molecule has 1 aromatic rings. The Morgan fingerprint density at radius 2 is 0.875 bits per heavy atom. The van der Waals surface area contributed by atoms with E-state index in [9.17, 15) is 55.6 Å². The molecule has 0 aliphatic carbocycles. The smallest absolute Gasteiger partial charge is 0.418 e. The van der Waals surface area contributed by atoms with E-state index in [2.05, 4.69) is 24.5 Å². The van der Waals surface area contributed by atoms with Crippen molar-refractivity contribution in [2.24, 2.45) is 5.73 Å². The molecule has 0 bridgehead atoms. The molecule has 0 aromatic heterocycles. The van der Waals surface area contributed by atoms with E-state index in [0.29, 0.717) is 21.8 Å². The quantitative estimate of drug-likeness (QED) is 0.0765. The van der Waals surface area contributed by atoms with Crippen LogP contribution in [0.5, 0.6) is 0 Å². The molecule has 28 nitrogen and oxygen atoms in total. The molecule has 4 saturated heterocycles. The Labute approximate surface area is 419 Å². The van der Waals surface area contributed by atoms with Gasteiger partial charge in [-0.25, -0.2) is 24.5 Å². The number of β-lactam (4-membered cyclic amide) rings is 4. The molecule has 4 fully saturated rings. The van der Waals surface area contributed by atoms with Gasteiger partial charge in [0.25, 0.3) is 23.6 Å². The zero-order valence-electron chi connectivity index (χ0n) is 43.4. The summed E-state index contributed by atoms with van der Waals surface area (Å²) in [7, 11) is -9.47. The molecule has 30 heteroatoms. The summed E-state index contributed by atoms with van der Waals surface area (Å²) < 4.78 is 82.0. The lowest BCUT2D eigenvalue weighted by Gasteiger charge is -2.51. The van der Waals surface area contributed by atoms with Crippen molar-refractivity contribution in [2.75, 3.05) is 0 Å². The topological polar surface area (TPSA) is 379 Å². The summed E-state index contributed by atoms with van der Waals surface area (Å²) in [6.07, 6.45) is -2.07. The Morgan fingerprint density at radius 1 is 0.556 bits per heavy atom. The second-order valence-electron chi connectivity index (χ2n) is 21.6. The number of ether oxygens (including phenoxy) is 3. The standard InChI is InChI=1S/C17H24N2O4.C10H18N2O7S.C10H18N2O4.C5H10N2O5S/c1-16(2,3)23-15(21)18-13-14(20)19(17(13,4)5)22-11-12-9-7-6-8-10-12;1-9(2,3)18-8(14)11-6-7(13)12(10(6,4)5)19-20(15,16)17;1-9(2,3)16-8(14)11-6-7(13)12(15)10(6,4)5;1-5(2)3(6)4(8)7(5)12-13(9,10)11/h6-10,13H,11H2,1-5H3,(H,18,21);6H,1-5H3,(H,11,14)(H,15,16,17);6,15H,1-5H3,(H,11,14);3H,6H2,1-2H3,(H,9,10,11)/t13-;2*6-;3-/m1111/s1. The predicted octanol–water partition coefficient (Wildman–Crippen LogP) is 2.43. The van der Waals surface area contributed by atoms with E-state index in [-0.39, 0.29) is 5.91 Å². The number of hydroxylamine groups is 8. The molecule has 4 aliphatic rings. The lowest BCUT2D eigenvalue weighted by Crippen LogP contribution is -2.76. The number of hydrogen-bond acceptors (Lipinski definition) is 19. The fraction of sp³-hybridized carbons (Fsp3) is 0.690. The van der Waals surface area contributed by atoms with E-state index >= 15 is 0 Å². The van der Waals surface area contributed by atoms with Crippen LogP contribution in [-0.4, -0.2) is 156 Å². The number of amides is 7. The van der Waals surface area contributed by atoms with Gasteiger partial charge < -0.3 is 35.9 Å². The predicted molar refractivity (Wildman–Crippen MR) is 249 cm³/mol. The summed E-state index contributed by atoms with van der Waals surface area (Å²) in [5.74, 6) is -2.30. The minimum absolute atomic E-state index is 0.281. The van der Waals surface area contributed by atoms with Crippen LogP contribution in [0.3, 0.4) is 0 Å². The molecule has 4 atom stereocenters. The highest BCUT2D eigenvalue weighted by Gasteiger charge is 2.59. The average molecular weight is 1070 g/mol. The van der Waals surface area contributed by atoms with Crippen LogP contribution in [0.2, 0.25) is 0 Å². The number of carbonyl (C=O) groups excluding carboxylic acids is 7. The maximum absolute atomic E-state index is 12.2. The van der Waals surface area contributed by atoms with E-state index in [1.54, 1.807) is 76.2 Å². The van der Waals surface area contributed by atoms with Gasteiger partial charge in [-0.3, -0.25) is 38.3 Å². The van der Waals surface area contributed by atoms with Crippen LogP contribution in [0.15, 0.2) is 30.3 Å². The Hall–Kier alpha value is -5.47. The van der Waals surface area contributed by atoms with Gasteiger partial charge in [0.15, 0.2) is 0 Å². The SMILES string of the molecule is CC(C)(C)OC(=O)N[C@@H]1C(=O)N(O)C1(C)C.CC(C)(C)OC(=O)N[C@@H]1C(=O)N(OCc2ccccc2)C1(C)C.CC(C)(C)OC(=O)N[C@@H]1C(=O)N(OS(=O)(=O)O)C1(C)C.CC1(C)[C@H](N)C(=O)N1OS(=O)(=O)O. The Bertz CT molecular complexity index is 2410. The van der Waals surface area contributed by atoms with Gasteiger partial charge in [-0.05, 0) is 123 Å². The normalized spacial score (nSPS) is 22.7. The molecule has 4 heterocycles. The first-order valence-corrected chi connectivity index (χ1v) is 24.6. The van der Waals surface area contributed by atoms with E-state index in [1.165, 1.54) is 32.8 Å². The zero-order valence-corrected chi connectivity index (χ0v) is 45.0. The molecule has 0 spiro atoms. The molecule has 7 amide bonds. The monoisotopic (exact) mass is 1070 g/mol. The lowest BCUT2D eigenvalue weighted by atomic mass is 9.84. The molecule has 1 aromatic carbocycles. The highest BCUT2D eigenvalue weighted by atomic mass is 32.3. The first kappa shape index (κ1) is 62.6. The van der Waals surface area contributed by atoms with Crippen molar-refractivity contribution in [3.8, 4) is 0 Å². The lowest BCUT2D eigenvalue weighted by molar-refractivity contribution is -0.263. The molecule has 0 unspecified atom stereocenters. The number of rotatable bonds is 10. The van der Waals surface area contributed by atoms with Gasteiger partial charge in [0.1, 0.15) is 47.6 Å². The maximum Gasteiger partial charge on any atom is 0.418 e. The summed E-state index contributed by atoms with van der Waals surface area (Å²) in [5.41, 5.74) is 0.878. The summed E-state index contributed by atoms with van der Waals surface area (Å²) in [6, 6.07) is 6.36. The van der Waals surface area contributed by atoms with Crippen molar-refractivity contribution in [2.45, 2.75) is 187 Å². The van der Waals surface area contributed by atoms with Gasteiger partial charge in [-0.1, -0.05) is 30.3 Å². The zero-order chi connectivity index (χ0) is 56.3. The molecule has 5 rings (SSSR count). The highest BCUT2D eigenvalue weighted by Crippen LogP contribution is 2.35. The van der Waals surface area contributed by atoms with Crippen LogP contribution in [0.25, 0.3) is 0 Å². The maximum atomic E-state index is 12.2. The van der Waals surface area contributed by atoms with Gasteiger partial charge in [0.05, 0.1) is 22.2 Å². The largest absolute Gasteiger partial charge is 0.444 e. The van der Waals surface area contributed by atoms with Crippen molar-refractivity contribution in [3.05, 3.63) is 35.9 Å². The fourth-order valence-corrected chi connectivity index (χ4v) is 7.34. The second-order valence-corrected chi connectivity index (χ2v) is 23.7. The van der Waals surface area contributed by atoms with Crippen LogP contribution in [0.4, 0.5) is 14.4 Å².